The Balaban J connectivity index is 4.83. The molecule has 0 bridgehead atoms. The summed E-state index contributed by atoms with van der Waals surface area (Å²) in [6.45, 7) is -1.98. The topological polar surface area (TPSA) is 168 Å². The monoisotopic (exact) mass is 299 g/mol. The number of carbonyl (C=O) groups is 2. The van der Waals surface area contributed by atoms with E-state index in [-0.39, 0.29) is 0 Å². The highest BCUT2D eigenvalue weighted by atomic mass is 19.1. The van der Waals surface area contributed by atoms with Gasteiger partial charge >= 0.3 is 0 Å². The Hall–Kier alpha value is -1.17. The van der Waals surface area contributed by atoms with Gasteiger partial charge in [-0.3, -0.25) is 9.59 Å². The molecule has 0 radical (unpaired) electrons. The van der Waals surface area contributed by atoms with E-state index in [4.69, 9.17) is 15.3 Å². The molecule has 5 atom stereocenters. The van der Waals surface area contributed by atoms with Gasteiger partial charge in [0.25, 0.3) is 0 Å². The molecule has 0 aromatic carbocycles. The first kappa shape index (κ1) is 18.8. The molecule has 0 aliphatic rings. The molecule has 0 spiro atoms. The minimum atomic E-state index is -3.07. The van der Waals surface area contributed by atoms with Gasteiger partial charge in [-0.25, -0.2) is 4.39 Å². The van der Waals surface area contributed by atoms with Crippen molar-refractivity contribution in [3.63, 3.8) is 0 Å². The Kier molecular flexibility index (Phi) is 7.71. The maximum atomic E-state index is 13.3. The number of carbonyl (C=O) groups excluding carboxylic acids is 2. The molecule has 1 amide bonds. The molecule has 20 heavy (non-hydrogen) atoms. The van der Waals surface area contributed by atoms with E-state index >= 15 is 0 Å². The largest absolute Gasteiger partial charge is 0.394 e. The second-order valence-corrected chi connectivity index (χ2v) is 4.13. The molecular weight excluding hydrogens is 281 g/mol. The Morgan fingerprint density at radius 3 is 2.15 bits per heavy atom. The van der Waals surface area contributed by atoms with Crippen LogP contribution in [0.25, 0.3) is 0 Å². The SMILES string of the molecule is O=C[C@H](F)[C@](O)(NC(=O)C[C@H](O)[C@H](O)CO)[C@H](O)CO. The van der Waals surface area contributed by atoms with Crippen molar-refractivity contribution in [1.82, 2.24) is 5.32 Å². The van der Waals surface area contributed by atoms with Crippen molar-refractivity contribution in [3.05, 3.63) is 0 Å². The zero-order valence-electron chi connectivity index (χ0n) is 10.4. The summed E-state index contributed by atoms with van der Waals surface area (Å²) in [4.78, 5) is 21.8. The standard InChI is InChI=1S/C10H18FNO8/c11-7(3-14)10(20,8(18)4-15)12-9(19)1-5(16)6(17)2-13/h3,5-8,13,15-18,20H,1-2,4H2,(H,12,19)/t5-,6+,7-,8+,10+/m0/s1. The first-order valence-corrected chi connectivity index (χ1v) is 5.61. The van der Waals surface area contributed by atoms with Gasteiger partial charge in [-0.15, -0.1) is 0 Å². The lowest BCUT2D eigenvalue weighted by atomic mass is 10.0. The number of aldehydes is 1. The van der Waals surface area contributed by atoms with Gasteiger partial charge in [0.05, 0.1) is 25.7 Å². The van der Waals surface area contributed by atoms with Gasteiger partial charge < -0.3 is 36.0 Å². The van der Waals surface area contributed by atoms with E-state index in [2.05, 4.69) is 0 Å². The van der Waals surface area contributed by atoms with Crippen molar-refractivity contribution in [2.45, 2.75) is 36.6 Å². The van der Waals surface area contributed by atoms with Gasteiger partial charge in [-0.05, 0) is 0 Å². The van der Waals surface area contributed by atoms with E-state index in [9.17, 15) is 29.3 Å². The molecular formula is C10H18FNO8. The molecule has 0 rings (SSSR count). The third-order valence-electron chi connectivity index (χ3n) is 2.59. The third-order valence-corrected chi connectivity index (χ3v) is 2.59. The van der Waals surface area contributed by atoms with Crippen LogP contribution in [0.1, 0.15) is 6.42 Å². The van der Waals surface area contributed by atoms with Crippen LogP contribution in [-0.2, 0) is 9.59 Å². The van der Waals surface area contributed by atoms with E-state index in [1.165, 1.54) is 0 Å². The van der Waals surface area contributed by atoms with Crippen LogP contribution in [0, 0.1) is 0 Å². The van der Waals surface area contributed by atoms with Crippen LogP contribution < -0.4 is 5.32 Å². The van der Waals surface area contributed by atoms with Crippen molar-refractivity contribution in [3.8, 4) is 0 Å². The summed E-state index contributed by atoms with van der Waals surface area (Å²) < 4.78 is 13.3. The van der Waals surface area contributed by atoms with Crippen molar-refractivity contribution in [2.75, 3.05) is 13.2 Å². The summed E-state index contributed by atoms with van der Waals surface area (Å²) >= 11 is 0. The lowest BCUT2D eigenvalue weighted by molar-refractivity contribution is -0.169. The first-order chi connectivity index (χ1) is 9.22. The van der Waals surface area contributed by atoms with Gasteiger partial charge in [0, 0.05) is 0 Å². The maximum absolute atomic E-state index is 13.3. The van der Waals surface area contributed by atoms with E-state index in [1.807, 2.05) is 0 Å². The first-order valence-electron chi connectivity index (χ1n) is 5.61. The Labute approximate surface area is 113 Å². The molecule has 0 saturated carbocycles. The molecule has 0 aliphatic carbocycles. The Morgan fingerprint density at radius 2 is 1.75 bits per heavy atom. The van der Waals surface area contributed by atoms with Crippen molar-refractivity contribution in [2.24, 2.45) is 0 Å². The fourth-order valence-electron chi connectivity index (χ4n) is 1.30. The molecule has 7 N–H and O–H groups in total. The highest BCUT2D eigenvalue weighted by molar-refractivity contribution is 5.78. The zero-order chi connectivity index (χ0) is 15.9. The number of hydrogen-bond donors (Lipinski definition) is 7. The van der Waals surface area contributed by atoms with Gasteiger partial charge in [-0.1, -0.05) is 0 Å². The lowest BCUT2D eigenvalue weighted by Crippen LogP contribution is -2.64. The Morgan fingerprint density at radius 1 is 1.20 bits per heavy atom. The molecule has 0 aromatic heterocycles. The number of aliphatic hydroxyl groups is 6. The average molecular weight is 299 g/mol. The summed E-state index contributed by atoms with van der Waals surface area (Å²) in [5, 5.41) is 56.0. The Bertz CT molecular complexity index is 330. The minimum absolute atomic E-state index is 0.391. The van der Waals surface area contributed by atoms with Gasteiger partial charge in [0.1, 0.15) is 12.2 Å². The van der Waals surface area contributed by atoms with Crippen molar-refractivity contribution in [1.29, 1.82) is 0 Å². The molecule has 0 aliphatic heterocycles. The van der Waals surface area contributed by atoms with Gasteiger partial charge in [0.2, 0.25) is 17.8 Å². The number of halogens is 1. The predicted molar refractivity (Wildman–Crippen MR) is 60.9 cm³/mol. The van der Waals surface area contributed by atoms with Crippen molar-refractivity contribution < 1.29 is 44.6 Å². The zero-order valence-corrected chi connectivity index (χ0v) is 10.4. The number of amides is 1. The summed E-state index contributed by atoms with van der Waals surface area (Å²) in [5.41, 5.74) is -3.07. The molecule has 0 saturated heterocycles. The van der Waals surface area contributed by atoms with Crippen LogP contribution in [0.5, 0.6) is 0 Å². The summed E-state index contributed by atoms with van der Waals surface area (Å²) in [5.74, 6) is -1.22. The van der Waals surface area contributed by atoms with E-state index in [0.717, 1.165) is 0 Å². The van der Waals surface area contributed by atoms with Crippen LogP contribution in [0.15, 0.2) is 0 Å². The number of hydrogen-bond acceptors (Lipinski definition) is 8. The number of alkyl halides is 1. The summed E-state index contributed by atoms with van der Waals surface area (Å²) in [6.07, 6.45) is -9.49. The third kappa shape index (κ3) is 4.74. The van der Waals surface area contributed by atoms with Crippen LogP contribution in [0.2, 0.25) is 0 Å². The average Bonchev–Trinajstić information content (AvgIpc) is 2.43. The fraction of sp³-hybridized carbons (Fsp3) is 0.800. The highest BCUT2D eigenvalue weighted by Gasteiger charge is 2.45. The molecule has 118 valence electrons. The summed E-state index contributed by atoms with van der Waals surface area (Å²) in [6, 6.07) is 0. The minimum Gasteiger partial charge on any atom is -0.394 e. The molecule has 0 unspecified atom stereocenters. The van der Waals surface area contributed by atoms with Crippen LogP contribution in [0.3, 0.4) is 0 Å². The van der Waals surface area contributed by atoms with Crippen molar-refractivity contribution >= 4 is 12.2 Å². The van der Waals surface area contributed by atoms with Crippen LogP contribution >= 0.6 is 0 Å². The number of rotatable bonds is 9. The highest BCUT2D eigenvalue weighted by Crippen LogP contribution is 2.15. The van der Waals surface area contributed by atoms with Crippen LogP contribution in [-0.4, -0.2) is 86.3 Å². The van der Waals surface area contributed by atoms with Gasteiger partial charge in [0.15, 0.2) is 6.29 Å². The molecule has 0 heterocycles. The number of aliphatic hydroxyl groups excluding tert-OH is 5. The molecule has 0 aromatic rings. The normalized spacial score (nSPS) is 20.4. The molecule has 0 fully saturated rings. The number of nitrogens with one attached hydrogen (secondary N) is 1. The second kappa shape index (κ2) is 8.19. The van der Waals surface area contributed by atoms with Crippen LogP contribution in [0.4, 0.5) is 4.39 Å². The predicted octanol–water partition coefficient (Wildman–Crippen LogP) is -4.21. The second-order valence-electron chi connectivity index (χ2n) is 4.13. The smallest absolute Gasteiger partial charge is 0.225 e. The lowest BCUT2D eigenvalue weighted by Gasteiger charge is -2.33. The van der Waals surface area contributed by atoms with E-state index in [1.54, 1.807) is 5.32 Å². The maximum Gasteiger partial charge on any atom is 0.225 e. The molecule has 9 nitrogen and oxygen atoms in total. The fourth-order valence-corrected chi connectivity index (χ4v) is 1.30. The molecule has 10 heteroatoms. The van der Waals surface area contributed by atoms with Gasteiger partial charge in [-0.2, -0.15) is 0 Å². The van der Waals surface area contributed by atoms with E-state index < -0.39 is 62.0 Å². The quantitative estimate of drug-likeness (QED) is 0.166. The summed E-state index contributed by atoms with van der Waals surface area (Å²) in [7, 11) is 0. The van der Waals surface area contributed by atoms with E-state index in [0.29, 0.717) is 0 Å².